The quantitative estimate of drug-likeness (QED) is 0.743. The van der Waals surface area contributed by atoms with Crippen LogP contribution in [0.25, 0.3) is 5.47 Å². The van der Waals surface area contributed by atoms with E-state index in [1.54, 1.807) is 0 Å². The summed E-state index contributed by atoms with van der Waals surface area (Å²) in [6, 6.07) is 8.04. The summed E-state index contributed by atoms with van der Waals surface area (Å²) in [4.78, 5) is 0. The second kappa shape index (κ2) is 5.63. The fourth-order valence-corrected chi connectivity index (χ4v) is 3.47. The summed E-state index contributed by atoms with van der Waals surface area (Å²) in [6.45, 7) is 16.4. The van der Waals surface area contributed by atoms with Crippen LogP contribution in [0.3, 0.4) is 0 Å². The molecular weight excluding hydrogens is 340 g/mol. The molecule has 0 atom stereocenters. The average molecular weight is 368 g/mol. The summed E-state index contributed by atoms with van der Waals surface area (Å²) in [6.07, 6.45) is 0. The Morgan fingerprint density at radius 2 is 1.11 bits per heavy atom. The number of benzene rings is 1. The summed E-state index contributed by atoms with van der Waals surface area (Å²) >= 11 is 0. The van der Waals surface area contributed by atoms with Gasteiger partial charge in [0, 0.05) is 11.0 Å². The van der Waals surface area contributed by atoms with Gasteiger partial charge in [-0.25, -0.2) is 0 Å². The Kier molecular flexibility index (Phi) is 3.98. The normalized spacial score (nSPS) is 27.1. The Hall–Kier alpha value is -1.27. The molecule has 5 nitrogen and oxygen atoms in total. The molecular formula is C20H28B2NO4. The van der Waals surface area contributed by atoms with Crippen LogP contribution in [0, 0.1) is 0 Å². The van der Waals surface area contributed by atoms with Crippen molar-refractivity contribution in [3.63, 3.8) is 0 Å². The summed E-state index contributed by atoms with van der Waals surface area (Å²) in [7, 11) is -1.08. The van der Waals surface area contributed by atoms with E-state index >= 15 is 0 Å². The molecule has 2 saturated heterocycles. The Morgan fingerprint density at radius 3 is 1.63 bits per heavy atom. The number of para-hydroxylation sites is 1. The lowest BCUT2D eigenvalue weighted by molar-refractivity contribution is 0.00578. The lowest BCUT2D eigenvalue weighted by atomic mass is 9.67. The lowest BCUT2D eigenvalue weighted by Gasteiger charge is -2.32. The molecule has 7 heteroatoms. The van der Waals surface area contributed by atoms with Gasteiger partial charge in [-0.05, 0) is 61.5 Å². The molecule has 143 valence electrons. The van der Waals surface area contributed by atoms with Crippen molar-refractivity contribution < 1.29 is 18.6 Å². The van der Waals surface area contributed by atoms with Gasteiger partial charge in [0.15, 0.2) is 0 Å². The first-order valence-electron chi connectivity index (χ1n) is 9.61. The van der Waals surface area contributed by atoms with Gasteiger partial charge < -0.3 is 18.6 Å². The highest BCUT2D eigenvalue weighted by Crippen LogP contribution is 2.47. The number of nitrogens with zero attached hydrogens (tertiary/aromatic N) is 1. The van der Waals surface area contributed by atoms with E-state index in [1.165, 1.54) is 0 Å². The Balaban J connectivity index is 1.78. The van der Waals surface area contributed by atoms with Crippen molar-refractivity contribution in [2.75, 3.05) is 0 Å². The van der Waals surface area contributed by atoms with Gasteiger partial charge in [0.25, 0.3) is 0 Å². The maximum absolute atomic E-state index is 6.35. The van der Waals surface area contributed by atoms with E-state index < -0.39 is 36.6 Å². The summed E-state index contributed by atoms with van der Waals surface area (Å²) in [5.74, 6) is 0. The first-order chi connectivity index (χ1) is 12.3. The third-order valence-electron chi connectivity index (χ3n) is 6.68. The molecule has 2 fully saturated rings. The second-order valence-electron chi connectivity index (χ2n) is 9.60. The monoisotopic (exact) mass is 368 g/mol. The van der Waals surface area contributed by atoms with Gasteiger partial charge in [-0.2, -0.15) is 0 Å². The molecule has 3 heterocycles. The highest BCUT2D eigenvalue weighted by Gasteiger charge is 2.58. The lowest BCUT2D eigenvalue weighted by Crippen LogP contribution is -2.41. The summed E-state index contributed by atoms with van der Waals surface area (Å²) in [5.41, 5.74) is 1.84. The van der Waals surface area contributed by atoms with Gasteiger partial charge in [-0.15, -0.1) is 0 Å². The molecule has 0 spiro atoms. The van der Waals surface area contributed by atoms with Crippen molar-refractivity contribution in [2.24, 2.45) is 0 Å². The zero-order chi connectivity index (χ0) is 19.8. The van der Waals surface area contributed by atoms with Crippen LogP contribution in [-0.4, -0.2) is 36.6 Å². The average Bonchev–Trinajstić information content (AvgIpc) is 3.07. The molecule has 0 unspecified atom stereocenters. The van der Waals surface area contributed by atoms with Gasteiger partial charge in [0.1, 0.15) is 0 Å². The SMILES string of the molecule is CC1(C)OB(C2=C(B3OC(C)(C)C(C)(C)O3)c3ccccc3[N]2)OC1(C)C. The molecule has 3 aliphatic heterocycles. The molecule has 0 aromatic heterocycles. The molecule has 1 aromatic rings. The fourth-order valence-electron chi connectivity index (χ4n) is 3.47. The zero-order valence-electron chi connectivity index (χ0n) is 17.5. The summed E-state index contributed by atoms with van der Waals surface area (Å²) in [5, 5.41) is 4.86. The maximum atomic E-state index is 6.35. The smallest absolute Gasteiger partial charge is 0.399 e. The van der Waals surface area contributed by atoms with Crippen LogP contribution in [-0.2, 0) is 18.6 Å². The van der Waals surface area contributed by atoms with Gasteiger partial charge in [-0.1, -0.05) is 18.2 Å². The topological polar surface area (TPSA) is 51.0 Å². The van der Waals surface area contributed by atoms with Crippen LogP contribution in [0.1, 0.15) is 61.0 Å². The predicted octanol–water partition coefficient (Wildman–Crippen LogP) is 3.91. The van der Waals surface area contributed by atoms with Crippen LogP contribution in [0.4, 0.5) is 5.69 Å². The van der Waals surface area contributed by atoms with Gasteiger partial charge in [0.05, 0.1) is 33.7 Å². The first-order valence-corrected chi connectivity index (χ1v) is 9.61. The number of hydrogen-bond acceptors (Lipinski definition) is 4. The van der Waals surface area contributed by atoms with Crippen LogP contribution >= 0.6 is 0 Å². The highest BCUT2D eigenvalue weighted by atomic mass is 16.7. The van der Waals surface area contributed by atoms with Crippen molar-refractivity contribution in [3.05, 3.63) is 35.4 Å². The number of rotatable bonds is 2. The van der Waals surface area contributed by atoms with Crippen LogP contribution < -0.4 is 5.32 Å². The number of hydrogen-bond donors (Lipinski definition) is 0. The van der Waals surface area contributed by atoms with E-state index in [1.807, 2.05) is 45.9 Å². The van der Waals surface area contributed by atoms with Gasteiger partial charge >= 0.3 is 14.2 Å². The molecule has 0 aliphatic carbocycles. The van der Waals surface area contributed by atoms with E-state index in [2.05, 4.69) is 33.8 Å². The van der Waals surface area contributed by atoms with E-state index in [0.717, 1.165) is 22.3 Å². The molecule has 3 aliphatic rings. The number of fused-ring (bicyclic) bond motifs is 1. The third-order valence-corrected chi connectivity index (χ3v) is 6.68. The van der Waals surface area contributed by atoms with Crippen molar-refractivity contribution in [2.45, 2.75) is 77.8 Å². The molecule has 0 amide bonds. The minimum absolute atomic E-state index is 0.427. The van der Waals surface area contributed by atoms with Crippen molar-refractivity contribution >= 4 is 25.4 Å². The highest BCUT2D eigenvalue weighted by molar-refractivity contribution is 6.74. The zero-order valence-corrected chi connectivity index (χ0v) is 17.5. The van der Waals surface area contributed by atoms with Crippen molar-refractivity contribution in [3.8, 4) is 0 Å². The summed E-state index contributed by atoms with van der Waals surface area (Å²) < 4.78 is 25.3. The first kappa shape index (κ1) is 19.1. The predicted molar refractivity (Wildman–Crippen MR) is 107 cm³/mol. The van der Waals surface area contributed by atoms with Crippen LogP contribution in [0.2, 0.25) is 0 Å². The molecule has 0 N–H and O–H groups in total. The molecule has 0 saturated carbocycles. The van der Waals surface area contributed by atoms with Crippen LogP contribution in [0.15, 0.2) is 29.9 Å². The third kappa shape index (κ3) is 2.79. The Morgan fingerprint density at radius 1 is 0.667 bits per heavy atom. The molecule has 1 aromatic carbocycles. The largest absolute Gasteiger partial charge is 0.514 e. The van der Waals surface area contributed by atoms with Crippen LogP contribution in [0.5, 0.6) is 0 Å². The van der Waals surface area contributed by atoms with Crippen molar-refractivity contribution in [1.29, 1.82) is 0 Å². The van der Waals surface area contributed by atoms with Gasteiger partial charge in [-0.3, -0.25) is 5.32 Å². The minimum Gasteiger partial charge on any atom is -0.399 e. The van der Waals surface area contributed by atoms with Crippen molar-refractivity contribution in [1.82, 2.24) is 5.32 Å². The molecule has 0 bridgehead atoms. The second-order valence-corrected chi connectivity index (χ2v) is 9.60. The van der Waals surface area contributed by atoms with E-state index in [0.29, 0.717) is 0 Å². The minimum atomic E-state index is -0.559. The Labute approximate surface area is 163 Å². The Bertz CT molecular complexity index is 784. The fraction of sp³-hybridized carbons (Fsp3) is 0.600. The van der Waals surface area contributed by atoms with Gasteiger partial charge in [0.2, 0.25) is 0 Å². The van der Waals surface area contributed by atoms with E-state index in [-0.39, 0.29) is 0 Å². The van der Waals surface area contributed by atoms with E-state index in [9.17, 15) is 0 Å². The van der Waals surface area contributed by atoms with E-state index in [4.69, 9.17) is 23.9 Å². The standard InChI is InChI=1S/C20H28B2NO4/c1-17(2)18(3,4)25-21(24-17)15-13-11-9-10-12-14(13)23-16(15)22-26-19(5,6)20(7,8)27-22/h9-12H,1-8H3. The molecule has 1 radical (unpaired) electrons. The molecule has 4 rings (SSSR count). The molecule has 27 heavy (non-hydrogen) atoms. The maximum Gasteiger partial charge on any atom is 0.514 e.